The zero-order chi connectivity index (χ0) is 15.6. The number of hydrogen-bond donors (Lipinski definition) is 2. The van der Waals surface area contributed by atoms with E-state index in [9.17, 15) is 13.2 Å². The Morgan fingerprint density at radius 3 is 2.90 bits per heavy atom. The molecule has 8 nitrogen and oxygen atoms in total. The standard InChI is InChI=1S/C12H19N3O5S/c1-13-21(18,19)10-5-11(14(2)7-10)12(17)15-3-4-20-9(6-15)8-16/h5,7,9,13,16H,3-4,6,8H2,1-2H3. The SMILES string of the molecule is CNS(=O)(=O)c1cc(C(=O)N2CCOC(CO)C2)n(C)c1. The number of nitrogens with zero attached hydrogens (tertiary/aromatic N) is 2. The number of hydrogen-bond acceptors (Lipinski definition) is 5. The molecule has 2 N–H and O–H groups in total. The molecular weight excluding hydrogens is 298 g/mol. The van der Waals surface area contributed by atoms with Crippen molar-refractivity contribution >= 4 is 15.9 Å². The molecule has 0 radical (unpaired) electrons. The van der Waals surface area contributed by atoms with E-state index in [-0.39, 0.29) is 29.6 Å². The summed E-state index contributed by atoms with van der Waals surface area (Å²) in [4.78, 5) is 14.1. The van der Waals surface area contributed by atoms with Gasteiger partial charge in [-0.2, -0.15) is 0 Å². The molecule has 0 saturated carbocycles. The zero-order valence-electron chi connectivity index (χ0n) is 11.9. The average molecular weight is 317 g/mol. The van der Waals surface area contributed by atoms with Crippen molar-refractivity contribution in [2.24, 2.45) is 7.05 Å². The van der Waals surface area contributed by atoms with Gasteiger partial charge in [0.05, 0.1) is 19.3 Å². The van der Waals surface area contributed by atoms with Crippen molar-refractivity contribution in [3.05, 3.63) is 18.0 Å². The summed E-state index contributed by atoms with van der Waals surface area (Å²) >= 11 is 0. The molecule has 1 amide bonds. The van der Waals surface area contributed by atoms with E-state index in [0.717, 1.165) is 0 Å². The highest BCUT2D eigenvalue weighted by Crippen LogP contribution is 2.16. The molecule has 1 aliphatic rings. The zero-order valence-corrected chi connectivity index (χ0v) is 12.8. The van der Waals surface area contributed by atoms with Gasteiger partial charge >= 0.3 is 0 Å². The van der Waals surface area contributed by atoms with Crippen LogP contribution >= 0.6 is 0 Å². The third-order valence-corrected chi connectivity index (χ3v) is 4.79. The summed E-state index contributed by atoms with van der Waals surface area (Å²) in [7, 11) is -0.652. The van der Waals surface area contributed by atoms with E-state index >= 15 is 0 Å². The molecule has 9 heteroatoms. The van der Waals surface area contributed by atoms with E-state index < -0.39 is 16.1 Å². The Labute approximate surface area is 123 Å². The van der Waals surface area contributed by atoms with Crippen molar-refractivity contribution in [2.45, 2.75) is 11.0 Å². The van der Waals surface area contributed by atoms with Gasteiger partial charge in [-0.15, -0.1) is 0 Å². The van der Waals surface area contributed by atoms with Crippen molar-refractivity contribution in [1.29, 1.82) is 0 Å². The van der Waals surface area contributed by atoms with Gasteiger partial charge in [0.1, 0.15) is 10.6 Å². The molecule has 1 aliphatic heterocycles. The molecule has 21 heavy (non-hydrogen) atoms. The van der Waals surface area contributed by atoms with Crippen LogP contribution in [0.25, 0.3) is 0 Å². The third-order valence-electron chi connectivity index (χ3n) is 3.41. The molecule has 1 unspecified atom stereocenters. The number of sulfonamides is 1. The minimum Gasteiger partial charge on any atom is -0.394 e. The van der Waals surface area contributed by atoms with E-state index in [2.05, 4.69) is 4.72 Å². The van der Waals surface area contributed by atoms with Gasteiger partial charge in [-0.3, -0.25) is 4.79 Å². The number of aliphatic hydroxyl groups excluding tert-OH is 1. The Bertz CT molecular complexity index is 625. The normalized spacial score (nSPS) is 19.8. The molecule has 2 heterocycles. The minimum absolute atomic E-state index is 0.0443. The fraction of sp³-hybridized carbons (Fsp3) is 0.583. The van der Waals surface area contributed by atoms with Gasteiger partial charge in [-0.25, -0.2) is 13.1 Å². The van der Waals surface area contributed by atoms with Crippen LogP contribution in [0.3, 0.4) is 0 Å². The molecular formula is C12H19N3O5S. The minimum atomic E-state index is -3.59. The first-order valence-electron chi connectivity index (χ1n) is 6.50. The van der Waals surface area contributed by atoms with E-state index in [1.165, 1.54) is 23.9 Å². The number of carbonyl (C=O) groups excluding carboxylic acids is 1. The van der Waals surface area contributed by atoms with Crippen LogP contribution in [0.15, 0.2) is 17.2 Å². The number of amides is 1. The van der Waals surface area contributed by atoms with Crippen LogP contribution < -0.4 is 4.72 Å². The van der Waals surface area contributed by atoms with Crippen molar-refractivity contribution in [3.63, 3.8) is 0 Å². The lowest BCUT2D eigenvalue weighted by Crippen LogP contribution is -2.47. The Morgan fingerprint density at radius 1 is 1.57 bits per heavy atom. The van der Waals surface area contributed by atoms with Crippen LogP contribution in [0.1, 0.15) is 10.5 Å². The first-order valence-corrected chi connectivity index (χ1v) is 7.99. The van der Waals surface area contributed by atoms with Crippen LogP contribution in [-0.4, -0.2) is 68.4 Å². The van der Waals surface area contributed by atoms with Crippen LogP contribution in [0.2, 0.25) is 0 Å². The lowest BCUT2D eigenvalue weighted by atomic mass is 10.2. The second-order valence-corrected chi connectivity index (χ2v) is 6.69. The van der Waals surface area contributed by atoms with Crippen LogP contribution in [0, 0.1) is 0 Å². The number of aliphatic hydroxyl groups is 1. The third kappa shape index (κ3) is 3.26. The lowest BCUT2D eigenvalue weighted by Gasteiger charge is -2.32. The summed E-state index contributed by atoms with van der Waals surface area (Å²) in [5, 5.41) is 9.10. The van der Waals surface area contributed by atoms with Crippen molar-refractivity contribution < 1.29 is 23.1 Å². The summed E-state index contributed by atoms with van der Waals surface area (Å²) in [6.07, 6.45) is 0.992. The highest BCUT2D eigenvalue weighted by Gasteiger charge is 2.27. The predicted molar refractivity (Wildman–Crippen MR) is 74.4 cm³/mol. The maximum atomic E-state index is 12.5. The second kappa shape index (κ2) is 6.14. The van der Waals surface area contributed by atoms with E-state index in [4.69, 9.17) is 9.84 Å². The van der Waals surface area contributed by atoms with E-state index in [1.807, 2.05) is 0 Å². The van der Waals surface area contributed by atoms with Crippen LogP contribution in [0.5, 0.6) is 0 Å². The Morgan fingerprint density at radius 2 is 2.29 bits per heavy atom. The largest absolute Gasteiger partial charge is 0.394 e. The number of ether oxygens (including phenoxy) is 1. The highest BCUT2D eigenvalue weighted by atomic mass is 32.2. The molecule has 0 aromatic carbocycles. The van der Waals surface area contributed by atoms with E-state index in [0.29, 0.717) is 13.2 Å². The molecule has 0 aliphatic carbocycles. The number of aryl methyl sites for hydroxylation is 1. The first kappa shape index (κ1) is 16.0. The molecule has 1 saturated heterocycles. The molecule has 2 rings (SSSR count). The monoisotopic (exact) mass is 317 g/mol. The summed E-state index contributed by atoms with van der Waals surface area (Å²) in [6.45, 7) is 0.891. The molecule has 1 aromatic heterocycles. The molecule has 0 spiro atoms. The maximum absolute atomic E-state index is 12.5. The van der Waals surface area contributed by atoms with Gasteiger partial charge in [0.15, 0.2) is 0 Å². The second-order valence-electron chi connectivity index (χ2n) is 4.81. The number of aromatic nitrogens is 1. The Kier molecular flexibility index (Phi) is 4.67. The van der Waals surface area contributed by atoms with Crippen molar-refractivity contribution in [2.75, 3.05) is 33.4 Å². The first-order chi connectivity index (χ1) is 9.89. The molecule has 118 valence electrons. The average Bonchev–Trinajstić information content (AvgIpc) is 2.89. The topological polar surface area (TPSA) is 101 Å². The maximum Gasteiger partial charge on any atom is 0.270 e. The Balaban J connectivity index is 2.24. The van der Waals surface area contributed by atoms with Crippen LogP contribution in [0.4, 0.5) is 0 Å². The molecule has 1 aromatic rings. The van der Waals surface area contributed by atoms with Gasteiger partial charge in [0.2, 0.25) is 10.0 Å². The predicted octanol–water partition coefficient (Wildman–Crippen LogP) is -1.23. The smallest absolute Gasteiger partial charge is 0.270 e. The number of nitrogens with one attached hydrogen (secondary N) is 1. The van der Waals surface area contributed by atoms with E-state index in [1.54, 1.807) is 11.9 Å². The fourth-order valence-corrected chi connectivity index (χ4v) is 2.99. The summed E-state index contributed by atoms with van der Waals surface area (Å²) < 4.78 is 32.5. The van der Waals surface area contributed by atoms with Crippen molar-refractivity contribution in [1.82, 2.24) is 14.2 Å². The van der Waals surface area contributed by atoms with Crippen molar-refractivity contribution in [3.8, 4) is 0 Å². The molecule has 1 fully saturated rings. The summed E-state index contributed by atoms with van der Waals surface area (Å²) in [5.41, 5.74) is 0.280. The number of rotatable bonds is 4. The lowest BCUT2D eigenvalue weighted by molar-refractivity contribution is -0.0449. The van der Waals surface area contributed by atoms with Gasteiger partial charge in [-0.1, -0.05) is 0 Å². The summed E-state index contributed by atoms with van der Waals surface area (Å²) in [5.74, 6) is -0.281. The summed E-state index contributed by atoms with van der Waals surface area (Å²) in [6, 6.07) is 1.34. The quantitative estimate of drug-likeness (QED) is 0.724. The van der Waals surface area contributed by atoms with Gasteiger partial charge in [-0.05, 0) is 13.1 Å². The number of carbonyl (C=O) groups is 1. The Hall–Kier alpha value is -1.42. The fourth-order valence-electron chi connectivity index (χ4n) is 2.19. The highest BCUT2D eigenvalue weighted by molar-refractivity contribution is 7.89. The molecule has 1 atom stereocenters. The van der Waals surface area contributed by atoms with Crippen LogP contribution in [-0.2, 0) is 21.8 Å². The molecule has 0 bridgehead atoms. The van der Waals surface area contributed by atoms with Gasteiger partial charge in [0.25, 0.3) is 5.91 Å². The number of morpholine rings is 1. The van der Waals surface area contributed by atoms with Gasteiger partial charge in [0, 0.05) is 26.3 Å². The van der Waals surface area contributed by atoms with Gasteiger partial charge < -0.3 is 19.3 Å².